The van der Waals surface area contributed by atoms with Crippen molar-refractivity contribution in [3.05, 3.63) is 11.6 Å². The van der Waals surface area contributed by atoms with Crippen LogP contribution in [0.15, 0.2) is 11.6 Å². The van der Waals surface area contributed by atoms with Gasteiger partial charge in [0, 0.05) is 32.3 Å². The molecule has 31 heavy (non-hydrogen) atoms. The van der Waals surface area contributed by atoms with Crippen LogP contribution in [0.5, 0.6) is 0 Å². The van der Waals surface area contributed by atoms with Gasteiger partial charge in [-0.1, -0.05) is 19.9 Å². The first kappa shape index (κ1) is 26.6. The van der Waals surface area contributed by atoms with Gasteiger partial charge in [0.25, 0.3) is 0 Å². The molecule has 1 rings (SSSR count). The molecule has 0 aromatic carbocycles. The number of likely N-dealkylation sites (N-methyl/N-ethyl adjacent to an activating group) is 1. The van der Waals surface area contributed by atoms with E-state index < -0.39 is 6.04 Å². The molecule has 2 unspecified atom stereocenters. The van der Waals surface area contributed by atoms with E-state index in [0.29, 0.717) is 37.9 Å². The minimum absolute atomic E-state index is 0.0597. The Morgan fingerprint density at radius 2 is 1.94 bits per heavy atom. The summed E-state index contributed by atoms with van der Waals surface area (Å²) in [6.45, 7) is 6.73. The number of aliphatic hydroxyl groups is 1. The third-order valence-electron chi connectivity index (χ3n) is 5.57. The van der Waals surface area contributed by atoms with Crippen molar-refractivity contribution in [3.8, 4) is 0 Å². The molecule has 1 heterocycles. The molecule has 1 fully saturated rings. The molecule has 9 heteroatoms. The molecular weight excluding hydrogens is 400 g/mol. The van der Waals surface area contributed by atoms with Gasteiger partial charge in [-0.3, -0.25) is 19.2 Å². The monoisotopic (exact) mass is 438 g/mol. The summed E-state index contributed by atoms with van der Waals surface area (Å²) in [6, 6.07) is -0.798. The van der Waals surface area contributed by atoms with E-state index in [0.717, 1.165) is 19.3 Å². The molecule has 3 N–H and O–H groups in total. The average molecular weight is 439 g/mol. The maximum atomic E-state index is 13.1. The van der Waals surface area contributed by atoms with Crippen LogP contribution in [0, 0.1) is 5.92 Å². The number of rotatable bonds is 13. The molecule has 0 saturated carbocycles. The molecule has 0 radical (unpaired) electrons. The zero-order chi connectivity index (χ0) is 23.4. The average Bonchev–Trinajstić information content (AvgIpc) is 3.24. The van der Waals surface area contributed by atoms with Gasteiger partial charge < -0.3 is 25.5 Å². The van der Waals surface area contributed by atoms with Gasteiger partial charge in [0.05, 0.1) is 12.6 Å². The lowest BCUT2D eigenvalue weighted by Crippen LogP contribution is -2.47. The Bertz CT molecular complexity index is 650. The fourth-order valence-electron chi connectivity index (χ4n) is 3.75. The summed E-state index contributed by atoms with van der Waals surface area (Å²) >= 11 is 0. The van der Waals surface area contributed by atoms with Gasteiger partial charge in [-0.25, -0.2) is 0 Å². The van der Waals surface area contributed by atoms with Crippen molar-refractivity contribution < 1.29 is 24.3 Å². The molecule has 0 bridgehead atoms. The summed E-state index contributed by atoms with van der Waals surface area (Å²) in [6.07, 6.45) is 6.00. The van der Waals surface area contributed by atoms with Crippen molar-refractivity contribution in [2.45, 2.75) is 65.0 Å². The lowest BCUT2D eigenvalue weighted by atomic mass is 9.99. The van der Waals surface area contributed by atoms with Crippen molar-refractivity contribution in [2.24, 2.45) is 5.92 Å². The predicted molar refractivity (Wildman–Crippen MR) is 118 cm³/mol. The Kier molecular flexibility index (Phi) is 11.8. The number of nitrogens with one attached hydrogen (secondary N) is 2. The minimum Gasteiger partial charge on any atom is -0.396 e. The SMILES string of the molecule is CC(=CC(C(C)C)N(C)C(=O)CNC=O)C(=O)N1CCCC1C(=O)NCCCCCO. The molecule has 1 aliphatic rings. The fourth-order valence-corrected chi connectivity index (χ4v) is 3.75. The molecule has 9 nitrogen and oxygen atoms in total. The minimum atomic E-state index is -0.484. The second-order valence-corrected chi connectivity index (χ2v) is 8.32. The summed E-state index contributed by atoms with van der Waals surface area (Å²) in [4.78, 5) is 51.5. The third kappa shape index (κ3) is 8.32. The number of likely N-dealkylation sites (tertiary alicyclic amines) is 1. The second kappa shape index (κ2) is 13.8. The number of aliphatic hydroxyl groups excluding tert-OH is 1. The van der Waals surface area contributed by atoms with Crippen LogP contribution >= 0.6 is 0 Å². The van der Waals surface area contributed by atoms with Gasteiger partial charge in [0.15, 0.2) is 0 Å². The lowest BCUT2D eigenvalue weighted by molar-refractivity contribution is -0.135. The summed E-state index contributed by atoms with van der Waals surface area (Å²) < 4.78 is 0. The summed E-state index contributed by atoms with van der Waals surface area (Å²) in [5.41, 5.74) is 0.490. The number of hydrogen-bond donors (Lipinski definition) is 3. The van der Waals surface area contributed by atoms with Crippen molar-refractivity contribution in [1.82, 2.24) is 20.4 Å². The van der Waals surface area contributed by atoms with Crippen LogP contribution in [0.4, 0.5) is 0 Å². The standard InChI is InChI=1S/C22H38N4O5/c1-16(2)19(25(4)20(29)14-23-15-28)13-17(3)22(31)26-11-8-9-18(26)21(30)24-10-6-5-7-12-27/h13,15-16,18-19,27H,5-12,14H2,1-4H3,(H,23,28)(H,24,30). The van der Waals surface area contributed by atoms with Gasteiger partial charge >= 0.3 is 0 Å². The number of nitrogens with zero attached hydrogens (tertiary/aromatic N) is 2. The van der Waals surface area contributed by atoms with Gasteiger partial charge in [-0.05, 0) is 44.9 Å². The fraction of sp³-hybridized carbons (Fsp3) is 0.727. The molecule has 1 saturated heterocycles. The normalized spacial score (nSPS) is 17.4. The van der Waals surface area contributed by atoms with E-state index in [9.17, 15) is 19.2 Å². The maximum absolute atomic E-state index is 13.1. The Labute approximate surface area is 185 Å². The van der Waals surface area contributed by atoms with Crippen molar-refractivity contribution in [2.75, 3.05) is 33.3 Å². The summed E-state index contributed by atoms with van der Waals surface area (Å²) in [5.74, 6) is -0.530. The van der Waals surface area contributed by atoms with Crippen LogP contribution in [0.25, 0.3) is 0 Å². The van der Waals surface area contributed by atoms with E-state index in [2.05, 4.69) is 10.6 Å². The first-order valence-corrected chi connectivity index (χ1v) is 11.0. The topological polar surface area (TPSA) is 119 Å². The molecule has 0 aromatic rings. The Hall–Kier alpha value is -2.42. The van der Waals surface area contributed by atoms with E-state index in [1.165, 1.54) is 4.90 Å². The molecule has 176 valence electrons. The van der Waals surface area contributed by atoms with Crippen molar-refractivity contribution in [1.29, 1.82) is 0 Å². The maximum Gasteiger partial charge on any atom is 0.249 e. The summed E-state index contributed by atoms with van der Waals surface area (Å²) in [7, 11) is 1.65. The number of hydrogen-bond acceptors (Lipinski definition) is 5. The van der Waals surface area contributed by atoms with E-state index in [1.54, 1.807) is 24.9 Å². The first-order valence-electron chi connectivity index (χ1n) is 11.0. The Balaban J connectivity index is 2.80. The highest BCUT2D eigenvalue weighted by molar-refractivity contribution is 5.97. The highest BCUT2D eigenvalue weighted by Crippen LogP contribution is 2.21. The number of carbonyl (C=O) groups is 4. The quantitative estimate of drug-likeness (QED) is 0.219. The van der Waals surface area contributed by atoms with Crippen LogP contribution < -0.4 is 10.6 Å². The van der Waals surface area contributed by atoms with Crippen LogP contribution in [0.2, 0.25) is 0 Å². The molecular formula is C22H38N4O5. The van der Waals surface area contributed by atoms with Crippen LogP contribution in [-0.4, -0.2) is 84.4 Å². The lowest BCUT2D eigenvalue weighted by Gasteiger charge is -2.30. The first-order chi connectivity index (χ1) is 14.7. The van der Waals surface area contributed by atoms with Crippen LogP contribution in [0.3, 0.4) is 0 Å². The van der Waals surface area contributed by atoms with Gasteiger partial charge in [-0.2, -0.15) is 0 Å². The zero-order valence-electron chi connectivity index (χ0n) is 19.2. The van der Waals surface area contributed by atoms with Crippen molar-refractivity contribution in [3.63, 3.8) is 0 Å². The van der Waals surface area contributed by atoms with Gasteiger partial charge in [0.2, 0.25) is 24.1 Å². The zero-order valence-corrected chi connectivity index (χ0v) is 19.2. The number of unbranched alkanes of at least 4 members (excludes halogenated alkanes) is 2. The highest BCUT2D eigenvalue weighted by Gasteiger charge is 2.34. The van der Waals surface area contributed by atoms with Crippen LogP contribution in [0.1, 0.15) is 52.9 Å². The van der Waals surface area contributed by atoms with Gasteiger partial charge in [-0.15, -0.1) is 0 Å². The Morgan fingerprint density at radius 3 is 2.55 bits per heavy atom. The number of amides is 4. The predicted octanol–water partition coefficient (Wildman–Crippen LogP) is 0.432. The van der Waals surface area contributed by atoms with E-state index in [4.69, 9.17) is 5.11 Å². The molecule has 2 atom stereocenters. The van der Waals surface area contributed by atoms with E-state index >= 15 is 0 Å². The van der Waals surface area contributed by atoms with Gasteiger partial charge in [0.1, 0.15) is 6.04 Å². The molecule has 0 spiro atoms. The molecule has 1 aliphatic heterocycles. The third-order valence-corrected chi connectivity index (χ3v) is 5.57. The van der Waals surface area contributed by atoms with Crippen molar-refractivity contribution >= 4 is 24.1 Å². The molecule has 0 aromatic heterocycles. The second-order valence-electron chi connectivity index (χ2n) is 8.32. The van der Waals surface area contributed by atoms with E-state index in [1.807, 2.05) is 13.8 Å². The molecule has 4 amide bonds. The molecule has 0 aliphatic carbocycles. The summed E-state index contributed by atoms with van der Waals surface area (Å²) in [5, 5.41) is 14.1. The smallest absolute Gasteiger partial charge is 0.249 e. The largest absolute Gasteiger partial charge is 0.396 e. The van der Waals surface area contributed by atoms with Crippen LogP contribution in [-0.2, 0) is 19.2 Å². The Morgan fingerprint density at radius 1 is 1.23 bits per heavy atom. The van der Waals surface area contributed by atoms with E-state index in [-0.39, 0.29) is 42.8 Å². The highest BCUT2D eigenvalue weighted by atomic mass is 16.3. The number of carbonyl (C=O) groups excluding carboxylic acids is 4.